The molecular weight excluding hydrogens is 232 g/mol. The minimum atomic E-state index is -0.911. The predicted octanol–water partition coefficient (Wildman–Crippen LogP) is 2.82. The van der Waals surface area contributed by atoms with Gasteiger partial charge in [0.1, 0.15) is 0 Å². The molecule has 0 aromatic heterocycles. The molecule has 0 saturated carbocycles. The summed E-state index contributed by atoms with van der Waals surface area (Å²) in [4.78, 5) is 10.8. The summed E-state index contributed by atoms with van der Waals surface area (Å²) in [6.45, 7) is 0. The number of hydrogen-bond donors (Lipinski definition) is 2. The number of carboxylic acid groups (broad SMARTS) is 1. The van der Waals surface area contributed by atoms with Crippen LogP contribution in [0.15, 0.2) is 36.4 Å². The zero-order valence-corrected chi connectivity index (χ0v) is 9.87. The van der Waals surface area contributed by atoms with Crippen LogP contribution in [0, 0.1) is 11.8 Å². The maximum atomic E-state index is 10.8. The van der Waals surface area contributed by atoms with Gasteiger partial charge >= 0.3 is 5.97 Å². The van der Waals surface area contributed by atoms with Gasteiger partial charge in [0.2, 0.25) is 0 Å². The summed E-state index contributed by atoms with van der Waals surface area (Å²) in [5, 5.41) is 10.8. The Morgan fingerprint density at radius 2 is 1.88 bits per heavy atom. The molecule has 0 aliphatic heterocycles. The first-order valence-corrected chi connectivity index (χ1v) is 5.71. The molecule has 17 heavy (non-hydrogen) atoms. The number of fused-ring (bicyclic) bond motifs is 1. The molecular formula is C14H10O2S. The monoisotopic (exact) mass is 242 g/mol. The maximum Gasteiger partial charge on any atom is 0.335 e. The lowest BCUT2D eigenvalue weighted by Crippen LogP contribution is -1.95. The van der Waals surface area contributed by atoms with E-state index >= 15 is 0 Å². The molecule has 2 rings (SSSR count). The minimum Gasteiger partial charge on any atom is -0.478 e. The van der Waals surface area contributed by atoms with Gasteiger partial charge in [-0.2, -0.15) is 12.6 Å². The molecule has 0 atom stereocenters. The summed E-state index contributed by atoms with van der Waals surface area (Å²) < 4.78 is 0. The van der Waals surface area contributed by atoms with Gasteiger partial charge in [0.25, 0.3) is 0 Å². The Hall–Kier alpha value is -1.92. The third kappa shape index (κ3) is 2.61. The van der Waals surface area contributed by atoms with E-state index in [9.17, 15) is 4.79 Å². The van der Waals surface area contributed by atoms with Gasteiger partial charge in [-0.15, -0.1) is 0 Å². The quantitative estimate of drug-likeness (QED) is 0.596. The molecule has 0 amide bonds. The third-order valence-electron chi connectivity index (χ3n) is 2.40. The van der Waals surface area contributed by atoms with Crippen LogP contribution >= 0.6 is 12.6 Å². The fraction of sp³-hybridized carbons (Fsp3) is 0.0714. The molecule has 0 aliphatic carbocycles. The van der Waals surface area contributed by atoms with Crippen molar-refractivity contribution in [2.45, 2.75) is 0 Å². The summed E-state index contributed by atoms with van der Waals surface area (Å²) in [6, 6.07) is 10.8. The van der Waals surface area contributed by atoms with E-state index in [0.717, 1.165) is 16.3 Å². The van der Waals surface area contributed by atoms with E-state index in [-0.39, 0.29) is 0 Å². The molecule has 0 bridgehead atoms. The predicted molar refractivity (Wildman–Crippen MR) is 71.6 cm³/mol. The van der Waals surface area contributed by atoms with E-state index < -0.39 is 5.97 Å². The third-order valence-corrected chi connectivity index (χ3v) is 2.56. The first kappa shape index (κ1) is 11.6. The number of carbonyl (C=O) groups is 1. The summed E-state index contributed by atoms with van der Waals surface area (Å²) in [5.41, 5.74) is 1.21. The largest absolute Gasteiger partial charge is 0.478 e. The highest BCUT2D eigenvalue weighted by molar-refractivity contribution is 7.80. The van der Waals surface area contributed by atoms with Crippen LogP contribution in [-0.4, -0.2) is 16.8 Å². The average molecular weight is 242 g/mol. The lowest BCUT2D eigenvalue weighted by Gasteiger charge is -2.00. The van der Waals surface area contributed by atoms with Crippen LogP contribution in [0.3, 0.4) is 0 Å². The molecule has 1 N–H and O–H groups in total. The van der Waals surface area contributed by atoms with Crippen molar-refractivity contribution in [3.05, 3.63) is 47.5 Å². The van der Waals surface area contributed by atoms with Crippen LogP contribution in [0.1, 0.15) is 15.9 Å². The zero-order chi connectivity index (χ0) is 12.3. The van der Waals surface area contributed by atoms with Gasteiger partial charge in [0.15, 0.2) is 0 Å². The Labute approximate surface area is 105 Å². The second-order valence-corrected chi connectivity index (χ2v) is 3.86. The normalized spacial score (nSPS) is 9.71. The van der Waals surface area contributed by atoms with Gasteiger partial charge in [-0.25, -0.2) is 4.79 Å². The molecule has 0 aliphatic rings. The van der Waals surface area contributed by atoms with Gasteiger partial charge in [0.05, 0.1) is 11.3 Å². The number of rotatable bonds is 1. The number of hydrogen-bond acceptors (Lipinski definition) is 2. The van der Waals surface area contributed by atoms with Crippen molar-refractivity contribution in [3.63, 3.8) is 0 Å². The molecule has 0 spiro atoms. The van der Waals surface area contributed by atoms with Crippen LogP contribution in [0.5, 0.6) is 0 Å². The first-order valence-electron chi connectivity index (χ1n) is 5.07. The maximum absolute atomic E-state index is 10.8. The van der Waals surface area contributed by atoms with Crippen LogP contribution in [0.4, 0.5) is 0 Å². The lowest BCUT2D eigenvalue weighted by molar-refractivity contribution is 0.0697. The van der Waals surface area contributed by atoms with Crippen molar-refractivity contribution in [2.24, 2.45) is 0 Å². The SMILES string of the molecule is O=C(O)c1ccc2cc(C#CCS)ccc2c1. The average Bonchev–Trinajstić information content (AvgIpc) is 2.35. The van der Waals surface area contributed by atoms with E-state index in [1.807, 2.05) is 18.2 Å². The van der Waals surface area contributed by atoms with E-state index in [1.54, 1.807) is 18.2 Å². The van der Waals surface area contributed by atoms with Gasteiger partial charge in [-0.05, 0) is 35.0 Å². The number of thiol groups is 1. The van der Waals surface area contributed by atoms with Crippen LogP contribution in [0.25, 0.3) is 10.8 Å². The molecule has 3 heteroatoms. The fourth-order valence-corrected chi connectivity index (χ4v) is 1.68. The van der Waals surface area contributed by atoms with E-state index in [1.165, 1.54) is 0 Å². The van der Waals surface area contributed by atoms with Crippen LogP contribution in [0.2, 0.25) is 0 Å². The van der Waals surface area contributed by atoms with Gasteiger partial charge in [0, 0.05) is 5.56 Å². The van der Waals surface area contributed by atoms with E-state index in [2.05, 4.69) is 24.5 Å². The van der Waals surface area contributed by atoms with Crippen molar-refractivity contribution < 1.29 is 9.90 Å². The Morgan fingerprint density at radius 3 is 2.59 bits per heavy atom. The fourth-order valence-electron chi connectivity index (χ4n) is 1.60. The van der Waals surface area contributed by atoms with Crippen molar-refractivity contribution in [3.8, 4) is 11.8 Å². The standard InChI is InChI=1S/C14H10O2S/c15-14(16)13-6-5-11-8-10(2-1-7-17)3-4-12(11)9-13/h3-6,8-9,17H,7H2,(H,15,16). The summed E-state index contributed by atoms with van der Waals surface area (Å²) in [5.74, 6) is 5.47. The van der Waals surface area contributed by atoms with E-state index in [0.29, 0.717) is 11.3 Å². The topological polar surface area (TPSA) is 37.3 Å². The Morgan fingerprint density at radius 1 is 1.18 bits per heavy atom. The number of benzene rings is 2. The van der Waals surface area contributed by atoms with Gasteiger partial charge in [-0.3, -0.25) is 0 Å². The molecule has 2 nitrogen and oxygen atoms in total. The first-order chi connectivity index (χ1) is 8.20. The Balaban J connectivity index is 2.50. The summed E-state index contributed by atoms with van der Waals surface area (Å²) >= 11 is 4.02. The Bertz CT molecular complexity index is 635. The lowest BCUT2D eigenvalue weighted by atomic mass is 10.0. The van der Waals surface area contributed by atoms with Gasteiger partial charge in [-0.1, -0.05) is 24.0 Å². The molecule has 2 aromatic rings. The molecule has 0 radical (unpaired) electrons. The highest BCUT2D eigenvalue weighted by atomic mass is 32.1. The summed E-state index contributed by atoms with van der Waals surface area (Å²) in [7, 11) is 0. The van der Waals surface area contributed by atoms with Crippen LogP contribution < -0.4 is 0 Å². The number of carboxylic acids is 1. The second kappa shape index (κ2) is 4.94. The molecule has 0 unspecified atom stereocenters. The van der Waals surface area contributed by atoms with Crippen molar-refractivity contribution in [2.75, 3.05) is 5.75 Å². The van der Waals surface area contributed by atoms with E-state index in [4.69, 9.17) is 5.11 Å². The highest BCUT2D eigenvalue weighted by Gasteiger charge is 2.03. The van der Waals surface area contributed by atoms with Crippen molar-refractivity contribution >= 4 is 29.4 Å². The molecule has 0 heterocycles. The zero-order valence-electron chi connectivity index (χ0n) is 8.97. The molecule has 2 aromatic carbocycles. The smallest absolute Gasteiger partial charge is 0.335 e. The van der Waals surface area contributed by atoms with Crippen LogP contribution in [-0.2, 0) is 0 Å². The Kier molecular flexibility index (Phi) is 3.36. The molecule has 0 saturated heterocycles. The molecule has 84 valence electrons. The minimum absolute atomic E-state index is 0.298. The second-order valence-electron chi connectivity index (χ2n) is 3.54. The molecule has 0 fully saturated rings. The van der Waals surface area contributed by atoms with Crippen molar-refractivity contribution in [1.29, 1.82) is 0 Å². The van der Waals surface area contributed by atoms with Crippen molar-refractivity contribution in [1.82, 2.24) is 0 Å². The summed E-state index contributed by atoms with van der Waals surface area (Å²) in [6.07, 6.45) is 0. The van der Waals surface area contributed by atoms with Gasteiger partial charge < -0.3 is 5.11 Å². The highest BCUT2D eigenvalue weighted by Crippen LogP contribution is 2.17. The number of aromatic carboxylic acids is 1.